The lowest BCUT2D eigenvalue weighted by Crippen LogP contribution is -2.12. The fourth-order valence-electron chi connectivity index (χ4n) is 1.63. The minimum Gasteiger partial charge on any atom is -0.309 e. The first-order valence-electron chi connectivity index (χ1n) is 5.44. The summed E-state index contributed by atoms with van der Waals surface area (Å²) < 4.78 is 0. The van der Waals surface area contributed by atoms with Crippen LogP contribution in [0.2, 0.25) is 10.0 Å². The number of nitrogens with one attached hydrogen (secondary N) is 1. The lowest BCUT2D eigenvalue weighted by Gasteiger charge is -2.07. The smallest absolute Gasteiger partial charge is 0.0450 e. The van der Waals surface area contributed by atoms with Crippen LogP contribution < -0.4 is 5.32 Å². The number of benzene rings is 2. The van der Waals surface area contributed by atoms with Gasteiger partial charge < -0.3 is 5.32 Å². The molecule has 0 saturated carbocycles. The molecule has 0 amide bonds. The van der Waals surface area contributed by atoms with Gasteiger partial charge in [-0.1, -0.05) is 53.5 Å². The maximum Gasteiger partial charge on any atom is 0.0450 e. The van der Waals surface area contributed by atoms with Crippen LogP contribution in [0.25, 0.3) is 0 Å². The first kappa shape index (κ1) is 12.4. The van der Waals surface area contributed by atoms with E-state index in [2.05, 4.69) is 5.32 Å². The molecule has 17 heavy (non-hydrogen) atoms. The van der Waals surface area contributed by atoms with Gasteiger partial charge in [-0.3, -0.25) is 0 Å². The minimum absolute atomic E-state index is 0.756. The van der Waals surface area contributed by atoms with Crippen LogP contribution in [0.5, 0.6) is 0 Å². The maximum atomic E-state index is 6.07. The van der Waals surface area contributed by atoms with Crippen molar-refractivity contribution in [1.82, 2.24) is 5.32 Å². The van der Waals surface area contributed by atoms with Gasteiger partial charge in [-0.25, -0.2) is 0 Å². The predicted molar refractivity (Wildman–Crippen MR) is 73.4 cm³/mol. The Hall–Kier alpha value is -1.02. The first-order valence-corrected chi connectivity index (χ1v) is 6.20. The maximum absolute atomic E-state index is 6.07. The molecule has 0 fully saturated rings. The van der Waals surface area contributed by atoms with Crippen molar-refractivity contribution in [3.8, 4) is 0 Å². The predicted octanol–water partition coefficient (Wildman–Crippen LogP) is 4.28. The van der Waals surface area contributed by atoms with E-state index in [1.54, 1.807) is 0 Å². The van der Waals surface area contributed by atoms with Gasteiger partial charge in [0.1, 0.15) is 0 Å². The van der Waals surface area contributed by atoms with Gasteiger partial charge in [0.05, 0.1) is 0 Å². The summed E-state index contributed by atoms with van der Waals surface area (Å²) in [4.78, 5) is 0. The third-order valence-electron chi connectivity index (χ3n) is 2.49. The van der Waals surface area contributed by atoms with E-state index in [1.165, 1.54) is 5.56 Å². The van der Waals surface area contributed by atoms with Crippen molar-refractivity contribution in [3.05, 3.63) is 69.7 Å². The van der Waals surface area contributed by atoms with Gasteiger partial charge in [0.15, 0.2) is 0 Å². The average molecular weight is 266 g/mol. The third-order valence-corrected chi connectivity index (χ3v) is 3.10. The Morgan fingerprint density at radius 3 is 2.47 bits per heavy atom. The molecule has 1 nitrogen and oxygen atoms in total. The van der Waals surface area contributed by atoms with Crippen molar-refractivity contribution >= 4 is 23.2 Å². The molecule has 2 rings (SSSR count). The van der Waals surface area contributed by atoms with Crippen LogP contribution in [-0.2, 0) is 13.1 Å². The second-order valence-electron chi connectivity index (χ2n) is 3.82. The van der Waals surface area contributed by atoms with Gasteiger partial charge in [-0.15, -0.1) is 0 Å². The number of rotatable bonds is 4. The van der Waals surface area contributed by atoms with Crippen molar-refractivity contribution < 1.29 is 0 Å². The molecular formula is C14H13Cl2N. The van der Waals surface area contributed by atoms with Crippen LogP contribution in [0, 0.1) is 0 Å². The van der Waals surface area contributed by atoms with E-state index < -0.39 is 0 Å². The summed E-state index contributed by atoms with van der Waals surface area (Å²) in [6.45, 7) is 1.54. The molecule has 0 spiro atoms. The zero-order chi connectivity index (χ0) is 12.1. The van der Waals surface area contributed by atoms with E-state index in [1.807, 2.05) is 48.5 Å². The topological polar surface area (TPSA) is 12.0 Å². The standard InChI is InChI=1S/C14H13Cl2N/c15-13-6-3-4-11(8-13)9-17-10-12-5-1-2-7-14(12)16/h1-8,17H,9-10H2. The van der Waals surface area contributed by atoms with Gasteiger partial charge in [0, 0.05) is 23.1 Å². The van der Waals surface area contributed by atoms with Crippen LogP contribution in [0.4, 0.5) is 0 Å². The Labute approximate surface area is 111 Å². The molecule has 0 saturated heterocycles. The summed E-state index contributed by atoms with van der Waals surface area (Å²) in [6, 6.07) is 15.7. The van der Waals surface area contributed by atoms with Crippen LogP contribution in [0.3, 0.4) is 0 Å². The molecule has 0 aliphatic rings. The second-order valence-corrected chi connectivity index (χ2v) is 4.67. The Morgan fingerprint density at radius 1 is 0.882 bits per heavy atom. The molecule has 0 aromatic heterocycles. The molecule has 0 aliphatic heterocycles. The summed E-state index contributed by atoms with van der Waals surface area (Å²) >= 11 is 12.0. The highest BCUT2D eigenvalue weighted by atomic mass is 35.5. The first-order chi connectivity index (χ1) is 8.25. The van der Waals surface area contributed by atoms with E-state index in [0.29, 0.717) is 0 Å². The fraction of sp³-hybridized carbons (Fsp3) is 0.143. The highest BCUT2D eigenvalue weighted by molar-refractivity contribution is 6.31. The van der Waals surface area contributed by atoms with Gasteiger partial charge in [-0.05, 0) is 29.3 Å². The Morgan fingerprint density at radius 2 is 1.71 bits per heavy atom. The highest BCUT2D eigenvalue weighted by Crippen LogP contribution is 2.15. The van der Waals surface area contributed by atoms with Crippen LogP contribution in [0.1, 0.15) is 11.1 Å². The van der Waals surface area contributed by atoms with Gasteiger partial charge in [0.25, 0.3) is 0 Å². The molecule has 0 radical (unpaired) electrons. The average Bonchev–Trinajstić information content (AvgIpc) is 2.32. The molecule has 0 heterocycles. The molecule has 2 aromatic rings. The van der Waals surface area contributed by atoms with E-state index in [-0.39, 0.29) is 0 Å². The zero-order valence-corrected chi connectivity index (χ0v) is 10.8. The number of hydrogen-bond acceptors (Lipinski definition) is 1. The molecule has 2 aromatic carbocycles. The lowest BCUT2D eigenvalue weighted by molar-refractivity contribution is 0.693. The zero-order valence-electron chi connectivity index (χ0n) is 9.29. The Balaban J connectivity index is 1.90. The largest absolute Gasteiger partial charge is 0.309 e. The van der Waals surface area contributed by atoms with Crippen molar-refractivity contribution in [3.63, 3.8) is 0 Å². The van der Waals surface area contributed by atoms with Crippen LogP contribution >= 0.6 is 23.2 Å². The summed E-state index contributed by atoms with van der Waals surface area (Å²) in [5, 5.41) is 4.91. The molecule has 0 unspecified atom stereocenters. The van der Waals surface area contributed by atoms with Crippen LogP contribution in [-0.4, -0.2) is 0 Å². The monoisotopic (exact) mass is 265 g/mol. The summed E-state index contributed by atoms with van der Waals surface area (Å²) in [5.41, 5.74) is 2.28. The van der Waals surface area contributed by atoms with Crippen molar-refractivity contribution in [2.45, 2.75) is 13.1 Å². The quantitative estimate of drug-likeness (QED) is 0.870. The second kappa shape index (κ2) is 6.06. The number of halogens is 2. The molecule has 0 atom stereocenters. The molecule has 3 heteroatoms. The van der Waals surface area contributed by atoms with Crippen molar-refractivity contribution in [2.75, 3.05) is 0 Å². The third kappa shape index (κ3) is 3.74. The molecule has 1 N–H and O–H groups in total. The summed E-state index contributed by atoms with van der Waals surface area (Å²) in [6.07, 6.45) is 0. The summed E-state index contributed by atoms with van der Waals surface area (Å²) in [7, 11) is 0. The molecule has 88 valence electrons. The van der Waals surface area contributed by atoms with Gasteiger partial charge in [0.2, 0.25) is 0 Å². The van der Waals surface area contributed by atoms with Crippen LogP contribution in [0.15, 0.2) is 48.5 Å². The van der Waals surface area contributed by atoms with Gasteiger partial charge >= 0.3 is 0 Å². The van der Waals surface area contributed by atoms with E-state index in [9.17, 15) is 0 Å². The van der Waals surface area contributed by atoms with E-state index >= 15 is 0 Å². The lowest BCUT2D eigenvalue weighted by atomic mass is 10.2. The minimum atomic E-state index is 0.756. The van der Waals surface area contributed by atoms with Crippen molar-refractivity contribution in [2.24, 2.45) is 0 Å². The highest BCUT2D eigenvalue weighted by Gasteiger charge is 1.98. The summed E-state index contributed by atoms with van der Waals surface area (Å²) in [5.74, 6) is 0. The normalized spacial score (nSPS) is 10.5. The van der Waals surface area contributed by atoms with E-state index in [4.69, 9.17) is 23.2 Å². The Bertz CT molecular complexity index is 497. The van der Waals surface area contributed by atoms with E-state index in [0.717, 1.165) is 28.7 Å². The molecular weight excluding hydrogens is 253 g/mol. The molecule has 0 bridgehead atoms. The fourth-order valence-corrected chi connectivity index (χ4v) is 2.05. The molecule has 0 aliphatic carbocycles. The van der Waals surface area contributed by atoms with Crippen molar-refractivity contribution in [1.29, 1.82) is 0 Å². The number of hydrogen-bond donors (Lipinski definition) is 1. The van der Waals surface area contributed by atoms with Gasteiger partial charge in [-0.2, -0.15) is 0 Å². The SMILES string of the molecule is Clc1cccc(CNCc2ccccc2Cl)c1. The Kier molecular flexibility index (Phi) is 4.43.